The number of hydrogen-bond acceptors (Lipinski definition) is 3. The van der Waals surface area contributed by atoms with Gasteiger partial charge in [-0.15, -0.1) is 24.0 Å². The van der Waals surface area contributed by atoms with Crippen LogP contribution in [0.25, 0.3) is 0 Å². The fraction of sp³-hybridized carbons (Fsp3) is 0.444. The van der Waals surface area contributed by atoms with Crippen molar-refractivity contribution in [2.45, 2.75) is 25.9 Å². The molecule has 2 aromatic rings. The molecular formula is C18H26F2IN5O. The molecule has 1 aromatic heterocycles. The van der Waals surface area contributed by atoms with Crippen LogP contribution in [-0.4, -0.2) is 40.5 Å². The second kappa shape index (κ2) is 10.5. The second-order valence-electron chi connectivity index (χ2n) is 6.25. The van der Waals surface area contributed by atoms with Crippen LogP contribution in [0.4, 0.5) is 8.78 Å². The topological polar surface area (TPSA) is 74.5 Å². The van der Waals surface area contributed by atoms with Gasteiger partial charge in [-0.3, -0.25) is 4.68 Å². The summed E-state index contributed by atoms with van der Waals surface area (Å²) in [6.07, 6.45) is 3.51. The number of aliphatic imine (C=N–C) groups is 1. The third-order valence-corrected chi connectivity index (χ3v) is 3.95. The Morgan fingerprint density at radius 1 is 1.30 bits per heavy atom. The van der Waals surface area contributed by atoms with Gasteiger partial charge in [0.2, 0.25) is 0 Å². The van der Waals surface area contributed by atoms with Gasteiger partial charge in [0.05, 0.1) is 12.7 Å². The average Bonchev–Trinajstić information content (AvgIpc) is 3.03. The first-order valence-electron chi connectivity index (χ1n) is 8.50. The third kappa shape index (κ3) is 6.73. The molecule has 2 rings (SSSR count). The first-order valence-corrected chi connectivity index (χ1v) is 8.50. The van der Waals surface area contributed by atoms with E-state index in [1.165, 1.54) is 18.2 Å². The van der Waals surface area contributed by atoms with E-state index in [4.69, 9.17) is 0 Å². The van der Waals surface area contributed by atoms with Crippen molar-refractivity contribution >= 4 is 29.9 Å². The summed E-state index contributed by atoms with van der Waals surface area (Å²) in [5, 5.41) is 20.7. The first-order chi connectivity index (χ1) is 12.3. The molecule has 1 unspecified atom stereocenters. The number of aromatic nitrogens is 2. The zero-order valence-electron chi connectivity index (χ0n) is 15.7. The fourth-order valence-corrected chi connectivity index (χ4v) is 2.44. The van der Waals surface area contributed by atoms with Gasteiger partial charge in [-0.05, 0) is 32.4 Å². The van der Waals surface area contributed by atoms with Gasteiger partial charge in [0.15, 0.2) is 5.96 Å². The molecule has 6 nitrogen and oxygen atoms in total. The average molecular weight is 493 g/mol. The summed E-state index contributed by atoms with van der Waals surface area (Å²) in [5.41, 5.74) is -0.472. The van der Waals surface area contributed by atoms with Crippen molar-refractivity contribution in [3.05, 3.63) is 53.4 Å². The number of guanidine groups is 1. The van der Waals surface area contributed by atoms with Gasteiger partial charge < -0.3 is 15.7 Å². The molecule has 150 valence electrons. The number of nitrogens with zero attached hydrogens (tertiary/aromatic N) is 3. The molecule has 0 saturated heterocycles. The Morgan fingerprint density at radius 2 is 1.96 bits per heavy atom. The van der Waals surface area contributed by atoms with Crippen molar-refractivity contribution in [1.29, 1.82) is 0 Å². The van der Waals surface area contributed by atoms with Gasteiger partial charge in [-0.2, -0.15) is 5.10 Å². The highest BCUT2D eigenvalue weighted by Crippen LogP contribution is 2.19. The summed E-state index contributed by atoms with van der Waals surface area (Å²) in [4.78, 5) is 4.37. The Bertz CT molecular complexity index is 744. The summed E-state index contributed by atoms with van der Waals surface area (Å²) in [5.74, 6) is -0.657. The SMILES string of the molecule is CCNC(=NCC(C)(O)c1cnn(C)c1)NCCc1c(F)cccc1F.I. The van der Waals surface area contributed by atoms with E-state index in [0.717, 1.165) is 0 Å². The Balaban J connectivity index is 0.00000364. The monoisotopic (exact) mass is 493 g/mol. The van der Waals surface area contributed by atoms with Gasteiger partial charge in [-0.1, -0.05) is 6.07 Å². The lowest BCUT2D eigenvalue weighted by molar-refractivity contribution is 0.0672. The van der Waals surface area contributed by atoms with Crippen molar-refractivity contribution < 1.29 is 13.9 Å². The van der Waals surface area contributed by atoms with Crippen LogP contribution in [0.5, 0.6) is 0 Å². The molecule has 0 fully saturated rings. The van der Waals surface area contributed by atoms with Crippen molar-refractivity contribution in [2.75, 3.05) is 19.6 Å². The lowest BCUT2D eigenvalue weighted by Crippen LogP contribution is -2.39. The zero-order chi connectivity index (χ0) is 19.2. The summed E-state index contributed by atoms with van der Waals surface area (Å²) in [7, 11) is 1.77. The van der Waals surface area contributed by atoms with E-state index < -0.39 is 17.2 Å². The molecule has 9 heteroatoms. The molecule has 1 atom stereocenters. The highest BCUT2D eigenvalue weighted by Gasteiger charge is 2.24. The van der Waals surface area contributed by atoms with E-state index in [2.05, 4.69) is 20.7 Å². The normalized spacial score (nSPS) is 13.6. The van der Waals surface area contributed by atoms with E-state index in [-0.39, 0.29) is 42.5 Å². The molecule has 0 saturated carbocycles. The minimum atomic E-state index is -1.17. The van der Waals surface area contributed by atoms with Gasteiger partial charge in [0.1, 0.15) is 17.2 Å². The third-order valence-electron chi connectivity index (χ3n) is 3.95. The lowest BCUT2D eigenvalue weighted by Gasteiger charge is -2.20. The minimum absolute atomic E-state index is 0. The van der Waals surface area contributed by atoms with Gasteiger partial charge in [0, 0.05) is 37.5 Å². The smallest absolute Gasteiger partial charge is 0.191 e. The van der Waals surface area contributed by atoms with Crippen molar-refractivity contribution in [1.82, 2.24) is 20.4 Å². The summed E-state index contributed by atoms with van der Waals surface area (Å²) < 4.78 is 28.9. The number of benzene rings is 1. The van der Waals surface area contributed by atoms with Crippen molar-refractivity contribution in [2.24, 2.45) is 12.0 Å². The van der Waals surface area contributed by atoms with E-state index in [9.17, 15) is 13.9 Å². The molecule has 1 aromatic carbocycles. The molecule has 27 heavy (non-hydrogen) atoms. The minimum Gasteiger partial charge on any atom is -0.383 e. The van der Waals surface area contributed by atoms with Crippen molar-refractivity contribution in [3.63, 3.8) is 0 Å². The van der Waals surface area contributed by atoms with Gasteiger partial charge >= 0.3 is 0 Å². The fourth-order valence-electron chi connectivity index (χ4n) is 2.44. The van der Waals surface area contributed by atoms with Crippen LogP contribution in [0.2, 0.25) is 0 Å². The largest absolute Gasteiger partial charge is 0.383 e. The maximum absolute atomic E-state index is 13.7. The van der Waals surface area contributed by atoms with Crippen LogP contribution >= 0.6 is 24.0 Å². The standard InChI is InChI=1S/C18H25F2N5O.HI/c1-4-21-17(22-9-8-14-15(19)6-5-7-16(14)20)23-12-18(2,26)13-10-24-25(3)11-13;/h5-7,10-11,26H,4,8-9,12H2,1-3H3,(H2,21,22,23);1H. The Kier molecular flexibility index (Phi) is 9.10. The Morgan fingerprint density at radius 3 is 2.52 bits per heavy atom. The first kappa shape index (κ1) is 23.3. The number of aryl methyl sites for hydroxylation is 1. The molecular weight excluding hydrogens is 467 g/mol. The molecule has 0 amide bonds. The van der Waals surface area contributed by atoms with Gasteiger partial charge in [-0.25, -0.2) is 13.8 Å². The highest BCUT2D eigenvalue weighted by atomic mass is 127. The summed E-state index contributed by atoms with van der Waals surface area (Å²) in [6.45, 7) is 4.61. The molecule has 0 bridgehead atoms. The van der Waals surface area contributed by atoms with Gasteiger partial charge in [0.25, 0.3) is 0 Å². The number of halogens is 3. The van der Waals surface area contributed by atoms with Crippen LogP contribution < -0.4 is 10.6 Å². The van der Waals surface area contributed by atoms with Crippen LogP contribution in [0.1, 0.15) is 25.0 Å². The van der Waals surface area contributed by atoms with Crippen LogP contribution in [0, 0.1) is 11.6 Å². The molecule has 3 N–H and O–H groups in total. The van der Waals surface area contributed by atoms with E-state index in [1.54, 1.807) is 31.0 Å². The molecule has 0 aliphatic heterocycles. The quantitative estimate of drug-likeness (QED) is 0.315. The number of aliphatic hydroxyl groups is 1. The maximum atomic E-state index is 13.7. The van der Waals surface area contributed by atoms with E-state index in [0.29, 0.717) is 24.6 Å². The van der Waals surface area contributed by atoms with E-state index >= 15 is 0 Å². The van der Waals surface area contributed by atoms with Crippen molar-refractivity contribution in [3.8, 4) is 0 Å². The lowest BCUT2D eigenvalue weighted by atomic mass is 10.0. The maximum Gasteiger partial charge on any atom is 0.191 e. The number of rotatable bonds is 7. The van der Waals surface area contributed by atoms with E-state index in [1.807, 2.05) is 6.92 Å². The highest BCUT2D eigenvalue weighted by molar-refractivity contribution is 14.0. The zero-order valence-corrected chi connectivity index (χ0v) is 18.0. The summed E-state index contributed by atoms with van der Waals surface area (Å²) >= 11 is 0. The number of hydrogen-bond donors (Lipinski definition) is 3. The number of nitrogens with one attached hydrogen (secondary N) is 2. The molecule has 0 radical (unpaired) electrons. The molecule has 0 spiro atoms. The Labute approximate surface area is 175 Å². The molecule has 1 heterocycles. The van der Waals surface area contributed by atoms with Crippen LogP contribution in [0.3, 0.4) is 0 Å². The predicted molar refractivity (Wildman–Crippen MR) is 112 cm³/mol. The molecule has 0 aliphatic carbocycles. The molecule has 0 aliphatic rings. The Hall–Kier alpha value is -1.75. The predicted octanol–water partition coefficient (Wildman–Crippen LogP) is 2.32. The summed E-state index contributed by atoms with van der Waals surface area (Å²) in [6, 6.07) is 3.82. The van der Waals surface area contributed by atoms with Crippen LogP contribution in [-0.2, 0) is 19.1 Å². The van der Waals surface area contributed by atoms with Crippen LogP contribution in [0.15, 0.2) is 35.6 Å². The second-order valence-corrected chi connectivity index (χ2v) is 6.25.